The second-order valence-electron chi connectivity index (χ2n) is 6.78. The number of hydrogen-bond acceptors (Lipinski definition) is 4. The molecule has 172 valence electrons. The van der Waals surface area contributed by atoms with Crippen LogP contribution in [0, 0.1) is 23.3 Å². The highest BCUT2D eigenvalue weighted by Gasteiger charge is 2.14. The predicted octanol–water partition coefficient (Wildman–Crippen LogP) is 5.73. The molecule has 0 aromatic heterocycles. The average molecular weight is 495 g/mol. The number of halogens is 4. The molecular weight excluding hydrogens is 476 g/mol. The summed E-state index contributed by atoms with van der Waals surface area (Å²) in [5.41, 5.74) is 0.980. The highest BCUT2D eigenvalue weighted by Crippen LogP contribution is 2.24. The van der Waals surface area contributed by atoms with Crippen LogP contribution in [0.4, 0.5) is 28.9 Å². The third kappa shape index (κ3) is 7.00. The second kappa shape index (κ2) is 11.2. The van der Waals surface area contributed by atoms with E-state index in [4.69, 9.17) is 0 Å². The van der Waals surface area contributed by atoms with Crippen molar-refractivity contribution < 1.29 is 27.2 Å². The van der Waals surface area contributed by atoms with Gasteiger partial charge in [0.05, 0.1) is 11.5 Å². The van der Waals surface area contributed by atoms with Gasteiger partial charge in [0.25, 0.3) is 0 Å². The van der Waals surface area contributed by atoms with Crippen LogP contribution in [0.15, 0.2) is 70.5 Å². The minimum absolute atomic E-state index is 0.00300. The van der Waals surface area contributed by atoms with Crippen molar-refractivity contribution >= 4 is 46.7 Å². The molecular formula is C23H18F4N2O2S2. The molecule has 0 saturated heterocycles. The first-order valence-electron chi connectivity index (χ1n) is 9.55. The first-order valence-corrected chi connectivity index (χ1v) is 11.5. The van der Waals surface area contributed by atoms with Crippen LogP contribution < -0.4 is 10.2 Å². The Balaban J connectivity index is 1.54. The van der Waals surface area contributed by atoms with Crippen molar-refractivity contribution in [2.75, 3.05) is 28.8 Å². The number of nitrogens with zero attached hydrogens (tertiary/aromatic N) is 1. The summed E-state index contributed by atoms with van der Waals surface area (Å²) < 4.78 is 52.6. The molecule has 0 aliphatic rings. The van der Waals surface area contributed by atoms with Crippen molar-refractivity contribution in [3.8, 4) is 0 Å². The third-order valence-corrected chi connectivity index (χ3v) is 6.38. The minimum atomic E-state index is -0.983. The first kappa shape index (κ1) is 24.7. The van der Waals surface area contributed by atoms with Gasteiger partial charge in [-0.1, -0.05) is 6.07 Å². The van der Waals surface area contributed by atoms with Gasteiger partial charge in [-0.25, -0.2) is 17.6 Å². The largest absolute Gasteiger partial charge is 0.325 e. The van der Waals surface area contributed by atoms with Gasteiger partial charge in [-0.05, 0) is 54.6 Å². The van der Waals surface area contributed by atoms with Crippen molar-refractivity contribution in [3.05, 3.63) is 83.9 Å². The minimum Gasteiger partial charge on any atom is -0.325 e. The van der Waals surface area contributed by atoms with Crippen LogP contribution in [0.1, 0.15) is 0 Å². The number of thioether (sulfide) groups is 2. The Labute approximate surface area is 196 Å². The maximum absolute atomic E-state index is 13.3. The highest BCUT2D eigenvalue weighted by molar-refractivity contribution is 8.00. The third-order valence-electron chi connectivity index (χ3n) is 4.41. The Bertz CT molecular complexity index is 1180. The second-order valence-corrected chi connectivity index (χ2v) is 8.88. The molecule has 2 amide bonds. The summed E-state index contributed by atoms with van der Waals surface area (Å²) in [5, 5.41) is 2.69. The van der Waals surface area contributed by atoms with E-state index in [2.05, 4.69) is 5.32 Å². The molecule has 0 unspecified atom stereocenters. The van der Waals surface area contributed by atoms with Crippen LogP contribution in [-0.4, -0.2) is 30.4 Å². The Morgan fingerprint density at radius 3 is 1.94 bits per heavy atom. The molecule has 0 saturated carbocycles. The normalized spacial score (nSPS) is 10.7. The molecule has 0 aliphatic heterocycles. The molecule has 3 aromatic rings. The fourth-order valence-electron chi connectivity index (χ4n) is 2.66. The van der Waals surface area contributed by atoms with E-state index in [9.17, 15) is 27.2 Å². The van der Waals surface area contributed by atoms with Gasteiger partial charge < -0.3 is 10.2 Å². The fourth-order valence-corrected chi connectivity index (χ4v) is 4.21. The Kier molecular flexibility index (Phi) is 8.40. The van der Waals surface area contributed by atoms with Gasteiger partial charge in [-0.3, -0.25) is 9.59 Å². The van der Waals surface area contributed by atoms with Gasteiger partial charge in [0, 0.05) is 28.2 Å². The summed E-state index contributed by atoms with van der Waals surface area (Å²) in [6, 6.07) is 13.4. The van der Waals surface area contributed by atoms with Crippen LogP contribution in [0.25, 0.3) is 0 Å². The van der Waals surface area contributed by atoms with Crippen molar-refractivity contribution in [3.63, 3.8) is 0 Å². The van der Waals surface area contributed by atoms with Crippen LogP contribution in [-0.2, 0) is 9.59 Å². The van der Waals surface area contributed by atoms with E-state index in [1.807, 2.05) is 0 Å². The summed E-state index contributed by atoms with van der Waals surface area (Å²) in [4.78, 5) is 27.0. The van der Waals surface area contributed by atoms with Gasteiger partial charge >= 0.3 is 0 Å². The van der Waals surface area contributed by atoms with E-state index in [-0.39, 0.29) is 23.3 Å². The van der Waals surface area contributed by atoms with E-state index in [0.29, 0.717) is 21.2 Å². The number of hydrogen-bond donors (Lipinski definition) is 1. The molecule has 0 spiro atoms. The molecule has 3 rings (SSSR count). The zero-order chi connectivity index (χ0) is 24.0. The summed E-state index contributed by atoms with van der Waals surface area (Å²) in [5.74, 6) is -4.52. The lowest BCUT2D eigenvalue weighted by Gasteiger charge is -2.18. The molecule has 0 aliphatic carbocycles. The molecule has 10 heteroatoms. The number of nitrogens with one attached hydrogen (secondary N) is 1. The number of carbonyl (C=O) groups is 2. The molecule has 3 aromatic carbocycles. The number of amides is 2. The van der Waals surface area contributed by atoms with Gasteiger partial charge in [-0.2, -0.15) is 0 Å². The zero-order valence-electron chi connectivity index (χ0n) is 17.3. The van der Waals surface area contributed by atoms with E-state index in [0.717, 1.165) is 47.8 Å². The van der Waals surface area contributed by atoms with E-state index >= 15 is 0 Å². The Morgan fingerprint density at radius 1 is 0.788 bits per heavy atom. The number of anilines is 2. The van der Waals surface area contributed by atoms with Gasteiger partial charge in [0.1, 0.15) is 0 Å². The molecule has 0 radical (unpaired) electrons. The summed E-state index contributed by atoms with van der Waals surface area (Å²) in [6.45, 7) is 0. The molecule has 33 heavy (non-hydrogen) atoms. The van der Waals surface area contributed by atoms with Crippen molar-refractivity contribution in [2.24, 2.45) is 0 Å². The van der Waals surface area contributed by atoms with Gasteiger partial charge in [0.15, 0.2) is 23.3 Å². The molecule has 0 heterocycles. The predicted molar refractivity (Wildman–Crippen MR) is 123 cm³/mol. The molecule has 0 bridgehead atoms. The van der Waals surface area contributed by atoms with Crippen molar-refractivity contribution in [1.29, 1.82) is 0 Å². The number of carbonyl (C=O) groups excluding carboxylic acids is 2. The zero-order valence-corrected chi connectivity index (χ0v) is 18.9. The highest BCUT2D eigenvalue weighted by atomic mass is 32.2. The smallest absolute Gasteiger partial charge is 0.237 e. The summed E-state index contributed by atoms with van der Waals surface area (Å²) in [7, 11) is 1.56. The first-order chi connectivity index (χ1) is 15.7. The molecule has 4 nitrogen and oxygen atoms in total. The van der Waals surface area contributed by atoms with Crippen molar-refractivity contribution in [1.82, 2.24) is 0 Å². The summed E-state index contributed by atoms with van der Waals surface area (Å²) >= 11 is 2.13. The maximum atomic E-state index is 13.3. The lowest BCUT2D eigenvalue weighted by Crippen LogP contribution is -2.28. The average Bonchev–Trinajstić information content (AvgIpc) is 2.80. The van der Waals surface area contributed by atoms with Crippen LogP contribution in [0.3, 0.4) is 0 Å². The SMILES string of the molecule is CN(C(=O)CSc1ccc(F)c(F)c1)c1cccc(NC(=O)CSc2ccc(F)c(F)c2)c1. The lowest BCUT2D eigenvalue weighted by atomic mass is 10.2. The topological polar surface area (TPSA) is 49.4 Å². The number of benzene rings is 3. The van der Waals surface area contributed by atoms with Gasteiger partial charge in [-0.15, -0.1) is 23.5 Å². The molecule has 0 fully saturated rings. The maximum Gasteiger partial charge on any atom is 0.237 e. The van der Waals surface area contributed by atoms with Crippen LogP contribution in [0.2, 0.25) is 0 Å². The van der Waals surface area contributed by atoms with Crippen LogP contribution in [0.5, 0.6) is 0 Å². The quantitative estimate of drug-likeness (QED) is 0.321. The van der Waals surface area contributed by atoms with E-state index in [1.54, 1.807) is 31.3 Å². The van der Waals surface area contributed by atoms with E-state index in [1.165, 1.54) is 17.0 Å². The van der Waals surface area contributed by atoms with Crippen molar-refractivity contribution in [2.45, 2.75) is 9.79 Å². The molecule has 0 atom stereocenters. The van der Waals surface area contributed by atoms with E-state index < -0.39 is 23.3 Å². The van der Waals surface area contributed by atoms with Crippen LogP contribution >= 0.6 is 23.5 Å². The van der Waals surface area contributed by atoms with Gasteiger partial charge in [0.2, 0.25) is 11.8 Å². The monoisotopic (exact) mass is 494 g/mol. The number of rotatable bonds is 8. The summed E-state index contributed by atoms with van der Waals surface area (Å²) in [6.07, 6.45) is 0. The Morgan fingerprint density at radius 2 is 1.36 bits per heavy atom. The molecule has 1 N–H and O–H groups in total. The lowest BCUT2D eigenvalue weighted by molar-refractivity contribution is -0.116. The Hall–Kier alpha value is -2.98. The fraction of sp³-hybridized carbons (Fsp3) is 0.130. The standard InChI is InChI=1S/C23H18F4N2O2S2/c1-29(23(31)13-33-17-6-8-19(25)21(27)11-17)15-4-2-3-14(9-15)28-22(30)12-32-16-5-7-18(24)20(26)10-16/h2-11H,12-13H2,1H3,(H,28,30).